The number of aryl methyl sites for hydroxylation is 1. The van der Waals surface area contributed by atoms with E-state index in [9.17, 15) is 9.59 Å². The van der Waals surface area contributed by atoms with E-state index in [-0.39, 0.29) is 6.04 Å². The van der Waals surface area contributed by atoms with Crippen LogP contribution in [-0.2, 0) is 16.0 Å². The highest BCUT2D eigenvalue weighted by Gasteiger charge is 2.23. The van der Waals surface area contributed by atoms with Crippen molar-refractivity contribution >= 4 is 12.0 Å². The molecule has 0 aromatic heterocycles. The van der Waals surface area contributed by atoms with Gasteiger partial charge in [-0.2, -0.15) is 0 Å². The number of carbonyl (C=O) groups is 2. The molecule has 128 valence electrons. The molecule has 0 fully saturated rings. The van der Waals surface area contributed by atoms with E-state index in [0.717, 1.165) is 18.4 Å². The second kappa shape index (κ2) is 9.30. The number of imide groups is 1. The van der Waals surface area contributed by atoms with Crippen LogP contribution in [0.1, 0.15) is 51.3 Å². The van der Waals surface area contributed by atoms with Gasteiger partial charge in [-0.25, -0.2) is 4.79 Å². The molecule has 0 spiro atoms. The van der Waals surface area contributed by atoms with Crippen LogP contribution in [0.3, 0.4) is 0 Å². The lowest BCUT2D eigenvalue weighted by atomic mass is 9.94. The second-order valence-corrected chi connectivity index (χ2v) is 6.08. The maximum absolute atomic E-state index is 12.0. The van der Waals surface area contributed by atoms with Crippen LogP contribution < -0.4 is 10.6 Å². The molecular weight excluding hydrogens is 292 g/mol. The number of alkyl carbamates (subject to hydrolysis) is 1. The van der Waals surface area contributed by atoms with Crippen LogP contribution in [0.15, 0.2) is 24.3 Å². The van der Waals surface area contributed by atoms with Crippen LogP contribution in [0.25, 0.3) is 0 Å². The van der Waals surface area contributed by atoms with Gasteiger partial charge in [-0.3, -0.25) is 15.4 Å². The van der Waals surface area contributed by atoms with E-state index in [1.165, 1.54) is 12.7 Å². The number of nitrogens with one attached hydrogen (secondary N) is 2. The van der Waals surface area contributed by atoms with E-state index in [2.05, 4.69) is 60.4 Å². The smallest absolute Gasteiger partial charge is 0.413 e. The Morgan fingerprint density at radius 1 is 1.13 bits per heavy atom. The minimum Gasteiger partial charge on any atom is -0.453 e. The Morgan fingerprint density at radius 3 is 2.22 bits per heavy atom. The van der Waals surface area contributed by atoms with E-state index < -0.39 is 18.0 Å². The summed E-state index contributed by atoms with van der Waals surface area (Å²) < 4.78 is 4.45. The molecule has 0 saturated carbocycles. The summed E-state index contributed by atoms with van der Waals surface area (Å²) in [5.41, 5.74) is 2.45. The lowest BCUT2D eigenvalue weighted by Gasteiger charge is -2.26. The first-order valence-corrected chi connectivity index (χ1v) is 8.12. The second-order valence-electron chi connectivity index (χ2n) is 6.08. The molecule has 2 N–H and O–H groups in total. The number of hydrogen-bond acceptors (Lipinski definition) is 4. The van der Waals surface area contributed by atoms with Crippen LogP contribution in [0.5, 0.6) is 0 Å². The average Bonchev–Trinajstić information content (AvgIpc) is 2.53. The van der Waals surface area contributed by atoms with Crippen LogP contribution in [0.4, 0.5) is 4.79 Å². The topological polar surface area (TPSA) is 67.4 Å². The molecular formula is C18H28N2O3. The number of amides is 2. The molecule has 1 aromatic rings. The molecule has 0 aliphatic heterocycles. The summed E-state index contributed by atoms with van der Waals surface area (Å²) in [5, 5.41) is 5.48. The van der Waals surface area contributed by atoms with Crippen LogP contribution in [-0.4, -0.2) is 25.2 Å². The molecule has 0 saturated heterocycles. The predicted octanol–water partition coefficient (Wildman–Crippen LogP) is 3.20. The number of benzene rings is 1. The van der Waals surface area contributed by atoms with Gasteiger partial charge in [-0.05, 0) is 30.4 Å². The zero-order valence-corrected chi connectivity index (χ0v) is 14.7. The largest absolute Gasteiger partial charge is 0.453 e. The summed E-state index contributed by atoms with van der Waals surface area (Å²) in [6, 6.07) is 8.01. The molecule has 0 heterocycles. The third kappa shape index (κ3) is 6.02. The Morgan fingerprint density at radius 2 is 1.74 bits per heavy atom. The minimum absolute atomic E-state index is 0.0315. The van der Waals surface area contributed by atoms with Crippen molar-refractivity contribution in [2.45, 2.75) is 52.6 Å². The minimum atomic E-state index is -0.742. The molecule has 0 radical (unpaired) electrons. The first-order valence-electron chi connectivity index (χ1n) is 8.12. The van der Waals surface area contributed by atoms with Crippen molar-refractivity contribution in [2.24, 2.45) is 5.92 Å². The van der Waals surface area contributed by atoms with Crippen LogP contribution >= 0.6 is 0 Å². The molecule has 1 aromatic carbocycles. The number of hydrogen-bond donors (Lipinski definition) is 2. The number of ether oxygens (including phenoxy) is 1. The standard InChI is InChI=1S/C18H28N2O3/c1-6-7-14-8-10-15(11-9-14)16(12(2)3)19-13(4)17(21)20-18(22)23-5/h8-13,16,19H,6-7H2,1-5H3,(H,20,21,22)/t13-,16+/m0/s1. The van der Waals surface area contributed by atoms with Gasteiger partial charge in [0.2, 0.25) is 5.91 Å². The number of methoxy groups -OCH3 is 1. The molecule has 0 aliphatic rings. The molecule has 0 unspecified atom stereocenters. The Bertz CT molecular complexity index is 512. The molecule has 2 atom stereocenters. The molecule has 5 nitrogen and oxygen atoms in total. The first kappa shape index (κ1) is 19.2. The maximum atomic E-state index is 12.0. The summed E-state index contributed by atoms with van der Waals surface area (Å²) >= 11 is 0. The third-order valence-corrected chi connectivity index (χ3v) is 3.78. The fraction of sp³-hybridized carbons (Fsp3) is 0.556. The van der Waals surface area contributed by atoms with Crippen LogP contribution in [0.2, 0.25) is 0 Å². The summed E-state index contributed by atoms with van der Waals surface area (Å²) in [5.74, 6) is -0.0921. The quantitative estimate of drug-likeness (QED) is 0.809. The number of rotatable bonds is 7. The van der Waals surface area contributed by atoms with E-state index in [1.807, 2.05) is 0 Å². The van der Waals surface area contributed by atoms with Gasteiger partial charge in [-0.15, -0.1) is 0 Å². The Balaban J connectivity index is 2.78. The Labute approximate surface area is 138 Å². The molecule has 0 bridgehead atoms. The predicted molar refractivity (Wildman–Crippen MR) is 91.2 cm³/mol. The number of carbonyl (C=O) groups excluding carboxylic acids is 2. The van der Waals surface area contributed by atoms with Gasteiger partial charge < -0.3 is 4.74 Å². The average molecular weight is 320 g/mol. The fourth-order valence-corrected chi connectivity index (χ4v) is 2.46. The highest BCUT2D eigenvalue weighted by atomic mass is 16.5. The monoisotopic (exact) mass is 320 g/mol. The van der Waals surface area contributed by atoms with Gasteiger partial charge >= 0.3 is 6.09 Å². The van der Waals surface area contributed by atoms with Crippen molar-refractivity contribution < 1.29 is 14.3 Å². The SMILES string of the molecule is CCCc1ccc([C@H](N[C@@H](C)C(=O)NC(=O)OC)C(C)C)cc1. The molecule has 0 aliphatic carbocycles. The third-order valence-electron chi connectivity index (χ3n) is 3.78. The van der Waals surface area contributed by atoms with E-state index >= 15 is 0 Å². The van der Waals surface area contributed by atoms with Crippen LogP contribution in [0, 0.1) is 5.92 Å². The van der Waals surface area contributed by atoms with Crippen molar-refractivity contribution in [1.29, 1.82) is 0 Å². The highest BCUT2D eigenvalue weighted by Crippen LogP contribution is 2.23. The Kier molecular flexibility index (Phi) is 7.75. The molecule has 1 rings (SSSR count). The maximum Gasteiger partial charge on any atom is 0.413 e. The summed E-state index contributed by atoms with van der Waals surface area (Å²) in [4.78, 5) is 23.1. The van der Waals surface area contributed by atoms with Gasteiger partial charge in [-0.1, -0.05) is 51.5 Å². The lowest BCUT2D eigenvalue weighted by molar-refractivity contribution is -0.122. The van der Waals surface area contributed by atoms with E-state index in [4.69, 9.17) is 0 Å². The molecule has 23 heavy (non-hydrogen) atoms. The summed E-state index contributed by atoms with van der Waals surface area (Å²) in [7, 11) is 1.23. The van der Waals surface area contributed by atoms with E-state index in [0.29, 0.717) is 5.92 Å². The van der Waals surface area contributed by atoms with Crippen molar-refractivity contribution in [3.63, 3.8) is 0 Å². The molecule has 2 amide bonds. The van der Waals surface area contributed by atoms with E-state index in [1.54, 1.807) is 6.92 Å². The van der Waals surface area contributed by atoms with Gasteiger partial charge in [0.1, 0.15) is 0 Å². The Hall–Kier alpha value is -1.88. The van der Waals surface area contributed by atoms with Crippen molar-refractivity contribution in [3.05, 3.63) is 35.4 Å². The first-order chi connectivity index (χ1) is 10.9. The van der Waals surface area contributed by atoms with Gasteiger partial charge in [0.15, 0.2) is 0 Å². The van der Waals surface area contributed by atoms with Crippen molar-refractivity contribution in [2.75, 3.05) is 7.11 Å². The van der Waals surface area contributed by atoms with Gasteiger partial charge in [0, 0.05) is 6.04 Å². The lowest BCUT2D eigenvalue weighted by Crippen LogP contribution is -2.46. The molecule has 5 heteroatoms. The highest BCUT2D eigenvalue weighted by molar-refractivity contribution is 5.94. The van der Waals surface area contributed by atoms with Crippen molar-refractivity contribution in [1.82, 2.24) is 10.6 Å². The fourth-order valence-electron chi connectivity index (χ4n) is 2.46. The van der Waals surface area contributed by atoms with Gasteiger partial charge in [0.05, 0.1) is 13.2 Å². The normalized spacial score (nSPS) is 13.5. The zero-order valence-electron chi connectivity index (χ0n) is 14.7. The summed E-state index contributed by atoms with van der Waals surface area (Å²) in [6.45, 7) is 8.10. The van der Waals surface area contributed by atoms with Crippen molar-refractivity contribution in [3.8, 4) is 0 Å². The summed E-state index contributed by atoms with van der Waals surface area (Å²) in [6.07, 6.45) is 1.45. The zero-order chi connectivity index (χ0) is 17.4. The van der Waals surface area contributed by atoms with Gasteiger partial charge in [0.25, 0.3) is 0 Å².